The zero-order valence-corrected chi connectivity index (χ0v) is 13.6. The predicted molar refractivity (Wildman–Crippen MR) is 82.1 cm³/mol. The lowest BCUT2D eigenvalue weighted by Gasteiger charge is -2.31. The molecule has 0 atom stereocenters. The maximum Gasteiger partial charge on any atom is 0.321 e. The van der Waals surface area contributed by atoms with Gasteiger partial charge in [-0.2, -0.15) is 8.78 Å². The van der Waals surface area contributed by atoms with Crippen LogP contribution in [0.15, 0.2) is 22.6 Å². The van der Waals surface area contributed by atoms with Gasteiger partial charge in [0.15, 0.2) is 11.6 Å². The molecular formula is C16H18F4N4O. The van der Waals surface area contributed by atoms with E-state index >= 15 is 0 Å². The number of piperidine rings is 1. The van der Waals surface area contributed by atoms with Gasteiger partial charge in [0, 0.05) is 32.6 Å². The average molecular weight is 358 g/mol. The lowest BCUT2D eigenvalue weighted by Crippen LogP contribution is -2.38. The number of nitrogens with zero attached hydrogens (tertiary/aromatic N) is 3. The molecule has 1 aromatic carbocycles. The minimum atomic E-state index is -3.17. The zero-order valence-electron chi connectivity index (χ0n) is 13.6. The van der Waals surface area contributed by atoms with E-state index in [1.165, 1.54) is 6.07 Å². The van der Waals surface area contributed by atoms with Crippen LogP contribution in [0.4, 0.5) is 23.6 Å². The Kier molecular flexibility index (Phi) is 4.94. The van der Waals surface area contributed by atoms with Crippen molar-refractivity contribution in [2.45, 2.75) is 38.3 Å². The highest BCUT2D eigenvalue weighted by molar-refractivity contribution is 5.21. The molecule has 1 aliphatic rings. The normalized spacial score (nSPS) is 17.0. The Hall–Kier alpha value is -2.16. The third kappa shape index (κ3) is 4.47. The Balaban J connectivity index is 1.50. The fourth-order valence-corrected chi connectivity index (χ4v) is 2.77. The highest BCUT2D eigenvalue weighted by Gasteiger charge is 2.32. The van der Waals surface area contributed by atoms with E-state index in [1.807, 2.05) is 0 Å². The molecule has 1 N–H and O–H groups in total. The molecule has 9 heteroatoms. The number of alkyl halides is 2. The van der Waals surface area contributed by atoms with Gasteiger partial charge in [0.05, 0.1) is 0 Å². The van der Waals surface area contributed by atoms with E-state index in [0.29, 0.717) is 19.0 Å². The van der Waals surface area contributed by atoms with Gasteiger partial charge in [-0.05, 0) is 30.5 Å². The van der Waals surface area contributed by atoms with Crippen molar-refractivity contribution in [3.63, 3.8) is 0 Å². The number of rotatable bonds is 5. The predicted octanol–water partition coefficient (Wildman–Crippen LogP) is 3.54. The van der Waals surface area contributed by atoms with E-state index in [9.17, 15) is 17.6 Å². The first-order chi connectivity index (χ1) is 11.8. The maximum absolute atomic E-state index is 13.2. The van der Waals surface area contributed by atoms with Crippen molar-refractivity contribution in [2.24, 2.45) is 0 Å². The van der Waals surface area contributed by atoms with Crippen LogP contribution in [0.2, 0.25) is 0 Å². The first-order valence-electron chi connectivity index (χ1n) is 7.96. The summed E-state index contributed by atoms with van der Waals surface area (Å²) in [5.74, 6) is -5.59. The van der Waals surface area contributed by atoms with Gasteiger partial charge in [-0.25, -0.2) is 8.78 Å². The first-order valence-corrected chi connectivity index (χ1v) is 7.96. The van der Waals surface area contributed by atoms with E-state index in [4.69, 9.17) is 4.42 Å². The van der Waals surface area contributed by atoms with Crippen molar-refractivity contribution < 1.29 is 22.0 Å². The van der Waals surface area contributed by atoms with Crippen molar-refractivity contribution >= 4 is 6.01 Å². The van der Waals surface area contributed by atoms with Crippen LogP contribution in [-0.4, -0.2) is 34.2 Å². The van der Waals surface area contributed by atoms with Crippen LogP contribution < -0.4 is 5.32 Å². The third-order valence-corrected chi connectivity index (χ3v) is 4.11. The van der Waals surface area contributed by atoms with E-state index in [-0.39, 0.29) is 12.1 Å². The molecule has 0 amide bonds. The second-order valence-electron chi connectivity index (χ2n) is 6.24. The molecule has 25 heavy (non-hydrogen) atoms. The number of nitrogens with one attached hydrogen (secondary N) is 1. The van der Waals surface area contributed by atoms with E-state index in [0.717, 1.165) is 32.0 Å². The fraction of sp³-hybridized carbons (Fsp3) is 0.500. The van der Waals surface area contributed by atoms with E-state index < -0.39 is 23.4 Å². The summed E-state index contributed by atoms with van der Waals surface area (Å²) in [6.07, 6.45) is 1.48. The topological polar surface area (TPSA) is 54.2 Å². The molecule has 1 fully saturated rings. The van der Waals surface area contributed by atoms with Crippen LogP contribution in [0.5, 0.6) is 0 Å². The van der Waals surface area contributed by atoms with Gasteiger partial charge in [-0.15, -0.1) is 5.10 Å². The van der Waals surface area contributed by atoms with E-state index in [2.05, 4.69) is 20.4 Å². The Labute approximate surface area is 142 Å². The van der Waals surface area contributed by atoms with Gasteiger partial charge in [-0.3, -0.25) is 4.90 Å². The van der Waals surface area contributed by atoms with Crippen LogP contribution in [0, 0.1) is 11.6 Å². The number of hydrogen-bond acceptors (Lipinski definition) is 5. The van der Waals surface area contributed by atoms with Crippen LogP contribution >= 0.6 is 0 Å². The molecule has 0 bridgehead atoms. The summed E-state index contributed by atoms with van der Waals surface area (Å²) in [7, 11) is 0. The summed E-state index contributed by atoms with van der Waals surface area (Å²) in [6, 6.07) is 3.89. The van der Waals surface area contributed by atoms with Crippen LogP contribution in [0.3, 0.4) is 0 Å². The quantitative estimate of drug-likeness (QED) is 0.829. The van der Waals surface area contributed by atoms with Gasteiger partial charge in [-0.1, -0.05) is 11.2 Å². The smallest absolute Gasteiger partial charge is 0.321 e. The summed E-state index contributed by atoms with van der Waals surface area (Å²) in [5, 5.41) is 9.88. The van der Waals surface area contributed by atoms with Crippen molar-refractivity contribution in [1.82, 2.24) is 15.1 Å². The first kappa shape index (κ1) is 17.7. The van der Waals surface area contributed by atoms with Crippen LogP contribution in [0.25, 0.3) is 0 Å². The molecule has 0 unspecified atom stereocenters. The molecule has 0 radical (unpaired) electrons. The molecule has 2 aromatic rings. The van der Waals surface area contributed by atoms with E-state index in [1.54, 1.807) is 6.07 Å². The largest absolute Gasteiger partial charge is 0.402 e. The number of benzene rings is 1. The summed E-state index contributed by atoms with van der Waals surface area (Å²) >= 11 is 0. The van der Waals surface area contributed by atoms with Crippen LogP contribution in [0.1, 0.15) is 31.2 Å². The molecule has 136 valence electrons. The lowest BCUT2D eigenvalue weighted by molar-refractivity contribution is -0.0105. The number of hydrogen-bond donors (Lipinski definition) is 1. The molecule has 0 spiro atoms. The summed E-state index contributed by atoms with van der Waals surface area (Å²) < 4.78 is 57.3. The standard InChI is InChI=1S/C16H18F4N4O/c1-16(19,20)14-22-23-15(25-14)21-11-4-6-24(7-5-11)9-10-2-3-12(17)13(18)8-10/h2-3,8,11H,4-7,9H2,1H3,(H,21,23). The minimum Gasteiger partial charge on any atom is -0.402 e. The van der Waals surface area contributed by atoms with Gasteiger partial charge < -0.3 is 9.73 Å². The molecule has 5 nitrogen and oxygen atoms in total. The average Bonchev–Trinajstić information content (AvgIpc) is 3.02. The van der Waals surface area contributed by atoms with Crippen molar-refractivity contribution in [3.05, 3.63) is 41.3 Å². The lowest BCUT2D eigenvalue weighted by atomic mass is 10.0. The molecule has 1 aliphatic heterocycles. The number of aromatic nitrogens is 2. The summed E-state index contributed by atoms with van der Waals surface area (Å²) in [5.41, 5.74) is 0.706. The summed E-state index contributed by atoms with van der Waals surface area (Å²) in [4.78, 5) is 2.12. The highest BCUT2D eigenvalue weighted by Crippen LogP contribution is 2.27. The van der Waals surface area contributed by atoms with Crippen molar-refractivity contribution in [2.75, 3.05) is 18.4 Å². The molecule has 2 heterocycles. The SMILES string of the molecule is CC(F)(F)c1nnc(NC2CCN(Cc3ccc(F)c(F)c3)CC2)o1. The second kappa shape index (κ2) is 6.99. The summed E-state index contributed by atoms with van der Waals surface area (Å²) in [6.45, 7) is 2.67. The monoisotopic (exact) mass is 358 g/mol. The van der Waals surface area contributed by atoms with Gasteiger partial charge in [0.2, 0.25) is 0 Å². The fourth-order valence-electron chi connectivity index (χ4n) is 2.77. The van der Waals surface area contributed by atoms with Crippen molar-refractivity contribution in [1.29, 1.82) is 0 Å². The molecule has 0 saturated carbocycles. The molecule has 1 aromatic heterocycles. The Bertz CT molecular complexity index is 723. The molecule has 3 rings (SSSR count). The maximum atomic E-state index is 13.2. The molecule has 1 saturated heterocycles. The second-order valence-corrected chi connectivity index (χ2v) is 6.24. The number of anilines is 1. The number of likely N-dealkylation sites (tertiary alicyclic amines) is 1. The van der Waals surface area contributed by atoms with Crippen LogP contribution in [-0.2, 0) is 12.5 Å². The van der Waals surface area contributed by atoms with Gasteiger partial charge in [0.25, 0.3) is 5.89 Å². The minimum absolute atomic E-state index is 0.0180. The van der Waals surface area contributed by atoms with Gasteiger partial charge in [0.1, 0.15) is 0 Å². The molecular weight excluding hydrogens is 340 g/mol. The molecule has 0 aliphatic carbocycles. The van der Waals surface area contributed by atoms with Gasteiger partial charge >= 0.3 is 11.9 Å². The number of halogens is 4. The Morgan fingerprint density at radius 3 is 2.52 bits per heavy atom. The third-order valence-electron chi connectivity index (χ3n) is 4.11. The van der Waals surface area contributed by atoms with Crippen molar-refractivity contribution in [3.8, 4) is 0 Å². The Morgan fingerprint density at radius 2 is 1.92 bits per heavy atom. The zero-order chi connectivity index (χ0) is 18.0. The Morgan fingerprint density at radius 1 is 1.20 bits per heavy atom. The highest BCUT2D eigenvalue weighted by atomic mass is 19.3.